The molecule has 1 aromatic rings. The zero-order chi connectivity index (χ0) is 12.1. The average Bonchev–Trinajstić information content (AvgIpc) is 2.54. The third kappa shape index (κ3) is 1.46. The second-order valence-corrected chi connectivity index (χ2v) is 5.89. The van der Waals surface area contributed by atoms with Crippen LogP contribution >= 0.6 is 0 Å². The maximum Gasteiger partial charge on any atom is 0.126 e. The predicted molar refractivity (Wildman–Crippen MR) is 68.4 cm³/mol. The number of nitrogens with two attached hydrogens (primary N) is 1. The molecule has 16 heavy (non-hydrogen) atoms. The third-order valence-electron chi connectivity index (χ3n) is 4.44. The summed E-state index contributed by atoms with van der Waals surface area (Å²) in [6.07, 6.45) is 0. The molecule has 0 unspecified atom stereocenters. The predicted octanol–water partition coefficient (Wildman–Crippen LogP) is 2.82. The minimum Gasteiger partial charge on any atom is -0.397 e. The first kappa shape index (κ1) is 11.2. The molecule has 3 heteroatoms. The van der Waals surface area contributed by atoms with E-state index in [1.54, 1.807) is 0 Å². The summed E-state index contributed by atoms with van der Waals surface area (Å²) in [5.41, 5.74) is 8.04. The molecule has 0 spiro atoms. The number of pyridine rings is 1. The van der Waals surface area contributed by atoms with Crippen LogP contribution in [-0.4, -0.2) is 11.0 Å². The van der Waals surface area contributed by atoms with Gasteiger partial charge in [0.15, 0.2) is 0 Å². The summed E-state index contributed by atoms with van der Waals surface area (Å²) in [6.45, 7) is 11.1. The molecule has 0 aromatic carbocycles. The summed E-state index contributed by atoms with van der Waals surface area (Å²) in [4.78, 5) is 4.45. The normalized spacial score (nSPS) is 21.8. The molecule has 1 fully saturated rings. The number of aromatic nitrogens is 1. The lowest BCUT2D eigenvalue weighted by Crippen LogP contribution is -2.11. The summed E-state index contributed by atoms with van der Waals surface area (Å²) in [7, 11) is 0. The number of nitrogen functional groups attached to an aromatic ring is 1. The van der Waals surface area contributed by atoms with E-state index in [9.17, 15) is 0 Å². The van der Waals surface area contributed by atoms with Gasteiger partial charge in [0.05, 0.1) is 11.4 Å². The Hall–Kier alpha value is -1.25. The van der Waals surface area contributed by atoms with Gasteiger partial charge in [-0.25, -0.2) is 4.98 Å². The largest absolute Gasteiger partial charge is 0.397 e. The Morgan fingerprint density at radius 1 is 1.19 bits per heavy atom. The summed E-state index contributed by atoms with van der Waals surface area (Å²) in [5.74, 6) is 0.926. The van der Waals surface area contributed by atoms with Gasteiger partial charge in [-0.1, -0.05) is 27.7 Å². The summed E-state index contributed by atoms with van der Waals surface area (Å²) in [6, 6.07) is 4.34. The molecule has 3 nitrogen and oxygen atoms in total. The molecule has 1 aliphatic carbocycles. The van der Waals surface area contributed by atoms with Gasteiger partial charge in [0.25, 0.3) is 0 Å². The molecular formula is C13H21N3. The van der Waals surface area contributed by atoms with Crippen LogP contribution in [0.5, 0.6) is 0 Å². The monoisotopic (exact) mass is 219 g/mol. The molecule has 88 valence electrons. The highest BCUT2D eigenvalue weighted by molar-refractivity contribution is 5.51. The van der Waals surface area contributed by atoms with Gasteiger partial charge in [-0.2, -0.15) is 0 Å². The van der Waals surface area contributed by atoms with Gasteiger partial charge in [0.2, 0.25) is 0 Å². The SMILES string of the molecule is Cc1nc(NC2C(C)(C)C2(C)C)ccc1N. The standard InChI is InChI=1S/C13H21N3/c1-8-9(14)6-7-10(15-8)16-11-12(2,3)13(11,4)5/h6-7,11H,14H2,1-5H3,(H,15,16). The van der Waals surface area contributed by atoms with Crippen LogP contribution in [0.2, 0.25) is 0 Å². The maximum absolute atomic E-state index is 5.75. The van der Waals surface area contributed by atoms with Crippen molar-refractivity contribution in [3.63, 3.8) is 0 Å². The Balaban J connectivity index is 2.15. The van der Waals surface area contributed by atoms with Crippen LogP contribution in [0.1, 0.15) is 33.4 Å². The topological polar surface area (TPSA) is 50.9 Å². The van der Waals surface area contributed by atoms with Crippen molar-refractivity contribution in [2.24, 2.45) is 10.8 Å². The maximum atomic E-state index is 5.75. The van der Waals surface area contributed by atoms with Crippen LogP contribution in [0.3, 0.4) is 0 Å². The van der Waals surface area contributed by atoms with Crippen molar-refractivity contribution in [3.05, 3.63) is 17.8 Å². The minimum absolute atomic E-state index is 0.323. The van der Waals surface area contributed by atoms with E-state index in [-0.39, 0.29) is 0 Å². The van der Waals surface area contributed by atoms with E-state index in [1.165, 1.54) is 0 Å². The van der Waals surface area contributed by atoms with Crippen molar-refractivity contribution in [2.45, 2.75) is 40.7 Å². The van der Waals surface area contributed by atoms with E-state index in [2.05, 4.69) is 38.0 Å². The lowest BCUT2D eigenvalue weighted by molar-refractivity contribution is 0.457. The number of nitrogens with one attached hydrogen (secondary N) is 1. The number of rotatable bonds is 2. The number of nitrogens with zero attached hydrogens (tertiary/aromatic N) is 1. The third-order valence-corrected chi connectivity index (χ3v) is 4.44. The highest BCUT2D eigenvalue weighted by Crippen LogP contribution is 2.63. The van der Waals surface area contributed by atoms with Crippen molar-refractivity contribution in [1.29, 1.82) is 0 Å². The fourth-order valence-electron chi connectivity index (χ4n) is 2.36. The van der Waals surface area contributed by atoms with Crippen molar-refractivity contribution < 1.29 is 0 Å². The Morgan fingerprint density at radius 2 is 1.75 bits per heavy atom. The van der Waals surface area contributed by atoms with Crippen LogP contribution in [0, 0.1) is 17.8 Å². The lowest BCUT2D eigenvalue weighted by atomic mass is 10.0. The molecular weight excluding hydrogens is 198 g/mol. The van der Waals surface area contributed by atoms with Gasteiger partial charge in [0, 0.05) is 6.04 Å². The minimum atomic E-state index is 0.323. The molecule has 0 amide bonds. The van der Waals surface area contributed by atoms with E-state index in [0.29, 0.717) is 16.9 Å². The second kappa shape index (κ2) is 3.12. The molecule has 0 bridgehead atoms. The Bertz CT molecular complexity index is 407. The average molecular weight is 219 g/mol. The number of hydrogen-bond donors (Lipinski definition) is 2. The molecule has 0 saturated heterocycles. The zero-order valence-corrected chi connectivity index (χ0v) is 10.8. The molecule has 1 aliphatic rings. The van der Waals surface area contributed by atoms with Crippen LogP contribution < -0.4 is 11.1 Å². The van der Waals surface area contributed by atoms with E-state index in [4.69, 9.17) is 5.73 Å². The second-order valence-electron chi connectivity index (χ2n) is 5.89. The Labute approximate surface area is 97.5 Å². The summed E-state index contributed by atoms with van der Waals surface area (Å²) < 4.78 is 0. The lowest BCUT2D eigenvalue weighted by Gasteiger charge is -2.09. The first-order valence-electron chi connectivity index (χ1n) is 5.76. The molecule has 0 atom stereocenters. The van der Waals surface area contributed by atoms with Gasteiger partial charge in [0.1, 0.15) is 5.82 Å². The van der Waals surface area contributed by atoms with Gasteiger partial charge >= 0.3 is 0 Å². The van der Waals surface area contributed by atoms with Crippen LogP contribution in [-0.2, 0) is 0 Å². The van der Waals surface area contributed by atoms with E-state index < -0.39 is 0 Å². The summed E-state index contributed by atoms with van der Waals surface area (Å²) >= 11 is 0. The van der Waals surface area contributed by atoms with Crippen LogP contribution in [0.15, 0.2) is 12.1 Å². The molecule has 3 N–H and O–H groups in total. The number of anilines is 2. The van der Waals surface area contributed by atoms with E-state index in [0.717, 1.165) is 17.2 Å². The molecule has 0 aliphatic heterocycles. The van der Waals surface area contributed by atoms with E-state index >= 15 is 0 Å². The number of hydrogen-bond acceptors (Lipinski definition) is 3. The highest BCUT2D eigenvalue weighted by Gasteiger charge is 2.65. The fraction of sp³-hybridized carbons (Fsp3) is 0.615. The van der Waals surface area contributed by atoms with Gasteiger partial charge < -0.3 is 11.1 Å². The highest BCUT2D eigenvalue weighted by atomic mass is 15.1. The first-order valence-corrected chi connectivity index (χ1v) is 5.76. The van der Waals surface area contributed by atoms with Crippen molar-refractivity contribution in [2.75, 3.05) is 11.1 Å². The Morgan fingerprint density at radius 3 is 2.19 bits per heavy atom. The first-order chi connectivity index (χ1) is 7.26. The quantitative estimate of drug-likeness (QED) is 0.804. The van der Waals surface area contributed by atoms with E-state index in [1.807, 2.05) is 19.1 Å². The molecule has 1 saturated carbocycles. The fourth-order valence-corrected chi connectivity index (χ4v) is 2.36. The zero-order valence-electron chi connectivity index (χ0n) is 10.8. The van der Waals surface area contributed by atoms with Crippen LogP contribution in [0.4, 0.5) is 11.5 Å². The van der Waals surface area contributed by atoms with Gasteiger partial charge in [-0.3, -0.25) is 0 Å². The van der Waals surface area contributed by atoms with Crippen molar-refractivity contribution in [1.82, 2.24) is 4.98 Å². The van der Waals surface area contributed by atoms with Gasteiger partial charge in [-0.05, 0) is 29.9 Å². The van der Waals surface area contributed by atoms with Crippen LogP contribution in [0.25, 0.3) is 0 Å². The smallest absolute Gasteiger partial charge is 0.126 e. The van der Waals surface area contributed by atoms with Gasteiger partial charge in [-0.15, -0.1) is 0 Å². The summed E-state index contributed by atoms with van der Waals surface area (Å²) in [5, 5.41) is 3.50. The molecule has 1 aromatic heterocycles. The molecule has 1 heterocycles. The van der Waals surface area contributed by atoms with Crippen molar-refractivity contribution in [3.8, 4) is 0 Å². The van der Waals surface area contributed by atoms with Crippen molar-refractivity contribution >= 4 is 11.5 Å². The molecule has 0 radical (unpaired) electrons. The Kier molecular flexibility index (Phi) is 2.19. The number of aryl methyl sites for hydroxylation is 1. The molecule has 2 rings (SSSR count).